The first kappa shape index (κ1) is 22.0. The second kappa shape index (κ2) is 8.76. The lowest BCUT2D eigenvalue weighted by Gasteiger charge is -2.19. The zero-order valence-corrected chi connectivity index (χ0v) is 15.0. The number of carbonyl (C=O) groups excluding carboxylic acids is 2. The summed E-state index contributed by atoms with van der Waals surface area (Å²) < 4.78 is 9.97. The first-order valence-corrected chi connectivity index (χ1v) is 7.15. The van der Waals surface area contributed by atoms with E-state index in [1.807, 2.05) is 0 Å². The summed E-state index contributed by atoms with van der Waals surface area (Å²) >= 11 is 0. The smallest absolute Gasteiger partial charge is 0.437 e. The van der Waals surface area contributed by atoms with Crippen molar-refractivity contribution < 1.29 is 24.0 Å². The molecule has 0 saturated heterocycles. The molecule has 3 N–H and O–H groups in total. The van der Waals surface area contributed by atoms with E-state index in [1.165, 1.54) is 0 Å². The van der Waals surface area contributed by atoms with Crippen LogP contribution in [0.25, 0.3) is 0 Å². The van der Waals surface area contributed by atoms with E-state index in [9.17, 15) is 19.7 Å². The van der Waals surface area contributed by atoms with Crippen LogP contribution in [0.3, 0.4) is 0 Å². The van der Waals surface area contributed by atoms with Gasteiger partial charge < -0.3 is 15.2 Å². The van der Waals surface area contributed by atoms with E-state index in [4.69, 9.17) is 15.2 Å². The predicted molar refractivity (Wildman–Crippen MR) is 90.8 cm³/mol. The van der Waals surface area contributed by atoms with Crippen LogP contribution < -0.4 is 11.1 Å². The first-order valence-electron chi connectivity index (χ1n) is 7.15. The van der Waals surface area contributed by atoms with Crippen molar-refractivity contribution in [3.8, 4) is 0 Å². The SMILES string of the molecule is CC(C)(C)OC(=O)\N=C(/N=C/C(=C\N)[N+](=O)[O-])NC(=O)OC(C)(C)C. The fraction of sp³-hybridized carbons (Fsp3) is 0.571. The molecule has 2 amide bonds. The Kier molecular flexibility index (Phi) is 7.71. The van der Waals surface area contributed by atoms with E-state index in [0.717, 1.165) is 6.21 Å². The summed E-state index contributed by atoms with van der Waals surface area (Å²) in [4.78, 5) is 40.4. The molecule has 0 aliphatic rings. The number of ether oxygens (including phenoxy) is 2. The van der Waals surface area contributed by atoms with Crippen LogP contribution >= 0.6 is 0 Å². The van der Waals surface area contributed by atoms with Crippen LogP contribution in [0.5, 0.6) is 0 Å². The average Bonchev–Trinajstić information content (AvgIpc) is 2.33. The summed E-state index contributed by atoms with van der Waals surface area (Å²) in [5.41, 5.74) is 2.88. The highest BCUT2D eigenvalue weighted by Crippen LogP contribution is 2.09. The number of carbonyl (C=O) groups is 2. The molecule has 0 aromatic rings. The third-order valence-electron chi connectivity index (χ3n) is 1.90. The lowest BCUT2D eigenvalue weighted by molar-refractivity contribution is -0.414. The van der Waals surface area contributed by atoms with E-state index < -0.39 is 40.0 Å². The van der Waals surface area contributed by atoms with E-state index in [2.05, 4.69) is 15.3 Å². The number of hydrogen-bond acceptors (Lipinski definition) is 7. The van der Waals surface area contributed by atoms with E-state index in [1.54, 1.807) is 41.5 Å². The van der Waals surface area contributed by atoms with Gasteiger partial charge in [0.25, 0.3) is 0 Å². The monoisotopic (exact) mass is 357 g/mol. The zero-order chi connectivity index (χ0) is 19.8. The largest absolute Gasteiger partial charge is 0.444 e. The number of alkyl carbamates (subject to hydrolysis) is 1. The Labute approximate surface area is 145 Å². The second-order valence-corrected chi connectivity index (χ2v) is 6.65. The van der Waals surface area contributed by atoms with Gasteiger partial charge in [-0.3, -0.25) is 15.4 Å². The van der Waals surface area contributed by atoms with Crippen LogP contribution in [0, 0.1) is 10.1 Å². The van der Waals surface area contributed by atoms with Crippen LogP contribution in [0.2, 0.25) is 0 Å². The molecule has 0 heterocycles. The summed E-state index contributed by atoms with van der Waals surface area (Å²) in [6.07, 6.45) is -0.579. The highest BCUT2D eigenvalue weighted by molar-refractivity contribution is 6.03. The van der Waals surface area contributed by atoms with Crippen LogP contribution in [0.4, 0.5) is 9.59 Å². The van der Waals surface area contributed by atoms with Crippen molar-refractivity contribution in [1.82, 2.24) is 5.32 Å². The highest BCUT2D eigenvalue weighted by atomic mass is 16.6. The lowest BCUT2D eigenvalue weighted by Crippen LogP contribution is -2.36. The molecule has 25 heavy (non-hydrogen) atoms. The predicted octanol–water partition coefficient (Wildman–Crippen LogP) is 1.95. The van der Waals surface area contributed by atoms with Crippen LogP contribution in [-0.2, 0) is 9.47 Å². The van der Waals surface area contributed by atoms with E-state index >= 15 is 0 Å². The minimum absolute atomic E-state index is 0.551. The number of allylic oxidation sites excluding steroid dienone is 1. The molecule has 0 fully saturated rings. The normalized spacial score (nSPS) is 13.5. The van der Waals surface area contributed by atoms with Crippen molar-refractivity contribution in [3.05, 3.63) is 22.0 Å². The van der Waals surface area contributed by atoms with E-state index in [0.29, 0.717) is 6.20 Å². The van der Waals surface area contributed by atoms with Gasteiger partial charge in [0.15, 0.2) is 0 Å². The molecule has 0 aromatic heterocycles. The standard InChI is InChI=1S/C14H23N5O6/c1-13(2,3)24-11(20)17-10(16-8-9(7-15)19(22)23)18-12(21)25-14(4,5)6/h7-8H,15H2,1-6H3,(H,17,18,20,21)/b9-7+,16-8+. The molecule has 0 aromatic carbocycles. The molecule has 0 spiro atoms. The summed E-state index contributed by atoms with van der Waals surface area (Å²) in [5.74, 6) is -0.551. The third kappa shape index (κ3) is 11.2. The van der Waals surface area contributed by atoms with Crippen molar-refractivity contribution in [2.24, 2.45) is 15.7 Å². The van der Waals surface area contributed by atoms with Crippen LogP contribution in [0.15, 0.2) is 21.9 Å². The van der Waals surface area contributed by atoms with Gasteiger partial charge in [0.1, 0.15) is 17.4 Å². The fourth-order valence-electron chi connectivity index (χ4n) is 1.13. The van der Waals surface area contributed by atoms with E-state index in [-0.39, 0.29) is 0 Å². The quantitative estimate of drug-likeness (QED) is 0.330. The van der Waals surface area contributed by atoms with Crippen molar-refractivity contribution in [2.45, 2.75) is 52.7 Å². The van der Waals surface area contributed by atoms with Gasteiger partial charge in [0.05, 0.1) is 11.1 Å². The Morgan fingerprint density at radius 2 is 1.64 bits per heavy atom. The maximum Gasteiger partial charge on any atom is 0.437 e. The molecule has 11 heteroatoms. The molecule has 0 radical (unpaired) electrons. The van der Waals surface area contributed by atoms with Crippen molar-refractivity contribution in [1.29, 1.82) is 0 Å². The molecule has 0 bridgehead atoms. The van der Waals surface area contributed by atoms with Crippen molar-refractivity contribution >= 4 is 24.4 Å². The molecule has 0 unspecified atom stereocenters. The maximum absolute atomic E-state index is 11.8. The topological polar surface area (TPSA) is 159 Å². The number of nitrogens with zero attached hydrogens (tertiary/aromatic N) is 3. The number of rotatable bonds is 2. The number of nitrogens with two attached hydrogens (primary N) is 1. The molecule has 0 aliphatic carbocycles. The zero-order valence-electron chi connectivity index (χ0n) is 15.0. The Balaban J connectivity index is 5.44. The van der Waals surface area contributed by atoms with Gasteiger partial charge in [-0.25, -0.2) is 14.6 Å². The molecular formula is C14H23N5O6. The average molecular weight is 357 g/mol. The number of nitrogens with one attached hydrogen (secondary N) is 1. The minimum atomic E-state index is -1.05. The summed E-state index contributed by atoms with van der Waals surface area (Å²) in [6, 6.07) is 0. The third-order valence-corrected chi connectivity index (χ3v) is 1.90. The number of hydrogen-bond donors (Lipinski definition) is 2. The van der Waals surface area contributed by atoms with Gasteiger partial charge in [-0.1, -0.05) is 0 Å². The Bertz CT molecular complexity index is 610. The van der Waals surface area contributed by atoms with Gasteiger partial charge in [0.2, 0.25) is 5.96 Å². The van der Waals surface area contributed by atoms with Gasteiger partial charge in [-0.2, -0.15) is 0 Å². The van der Waals surface area contributed by atoms with Crippen molar-refractivity contribution in [3.63, 3.8) is 0 Å². The Morgan fingerprint density at radius 1 is 1.12 bits per heavy atom. The van der Waals surface area contributed by atoms with Gasteiger partial charge in [-0.15, -0.1) is 4.99 Å². The van der Waals surface area contributed by atoms with Crippen LogP contribution in [0.1, 0.15) is 41.5 Å². The van der Waals surface area contributed by atoms with Crippen molar-refractivity contribution in [2.75, 3.05) is 0 Å². The van der Waals surface area contributed by atoms with Gasteiger partial charge in [-0.05, 0) is 41.5 Å². The molecule has 11 nitrogen and oxygen atoms in total. The van der Waals surface area contributed by atoms with Gasteiger partial charge >= 0.3 is 17.9 Å². The molecule has 0 atom stereocenters. The summed E-state index contributed by atoms with van der Waals surface area (Å²) in [5, 5.41) is 12.8. The summed E-state index contributed by atoms with van der Waals surface area (Å²) in [6.45, 7) is 9.74. The molecule has 0 saturated carbocycles. The molecular weight excluding hydrogens is 334 g/mol. The highest BCUT2D eigenvalue weighted by Gasteiger charge is 2.20. The minimum Gasteiger partial charge on any atom is -0.444 e. The number of guanidine groups is 1. The molecule has 0 rings (SSSR count). The van der Waals surface area contributed by atoms with Crippen LogP contribution in [-0.4, -0.2) is 40.5 Å². The fourth-order valence-corrected chi connectivity index (χ4v) is 1.13. The number of amides is 2. The lowest BCUT2D eigenvalue weighted by atomic mass is 10.2. The number of nitro groups is 1. The maximum atomic E-state index is 11.8. The molecule has 140 valence electrons. The molecule has 0 aliphatic heterocycles. The Morgan fingerprint density at radius 3 is 2.04 bits per heavy atom. The summed E-state index contributed by atoms with van der Waals surface area (Å²) in [7, 11) is 0. The second-order valence-electron chi connectivity index (χ2n) is 6.65. The first-order chi connectivity index (χ1) is 11.2. The van der Waals surface area contributed by atoms with Gasteiger partial charge in [0, 0.05) is 0 Å². The Hall–Kier alpha value is -2.98. The number of aliphatic imine (C=N–C) groups is 2.